The number of nitrogens with zero attached hydrogens (tertiary/aromatic N) is 1. The number of hydrogen-bond donors (Lipinski definition) is 1. The summed E-state index contributed by atoms with van der Waals surface area (Å²) >= 11 is 0. The highest BCUT2D eigenvalue weighted by Gasteiger charge is 2.43. The van der Waals surface area contributed by atoms with E-state index in [0.29, 0.717) is 28.6 Å². The second-order valence-corrected chi connectivity index (χ2v) is 7.79. The first-order valence-corrected chi connectivity index (χ1v) is 10.6. The number of aryl methyl sites for hydroxylation is 2. The normalized spacial score (nSPS) is 13.1. The molecule has 1 unspecified atom stereocenters. The van der Waals surface area contributed by atoms with Gasteiger partial charge in [-0.2, -0.15) is 26.3 Å². The van der Waals surface area contributed by atoms with E-state index >= 15 is 0 Å². The molecule has 0 saturated carbocycles. The minimum Gasteiger partial charge on any atom is -0.462 e. The number of halogens is 6. The molecule has 188 valence electrons. The molecule has 5 nitrogen and oxygen atoms in total. The van der Waals surface area contributed by atoms with E-state index in [1.54, 1.807) is 26.8 Å². The Morgan fingerprint density at radius 1 is 1.03 bits per heavy atom. The second kappa shape index (κ2) is 9.63. The minimum atomic E-state index is -5.06. The van der Waals surface area contributed by atoms with Crippen molar-refractivity contribution >= 4 is 22.8 Å². The molecule has 0 aliphatic carbocycles. The monoisotopic (exact) mass is 500 g/mol. The van der Waals surface area contributed by atoms with Crippen LogP contribution in [-0.2, 0) is 17.5 Å². The number of alkyl halides is 6. The molecular formula is C24H22F6N2O3. The highest BCUT2D eigenvalue weighted by molar-refractivity contribution is 6.02. The molecule has 0 fully saturated rings. The molecule has 11 heteroatoms. The lowest BCUT2D eigenvalue weighted by molar-refractivity contribution is -0.156. The highest BCUT2D eigenvalue weighted by atomic mass is 19.4. The standard InChI is InChI=1S/C24H22F6N2O3/c1-4-32-18-9-13(3)17(22(34)35-5-2)11-15(18)12-19(32)21(33)31-20(24(28,29)30)14-7-6-8-16(10-14)23(25,26)27/h6-12,20H,4-5H2,1-3H3,(H,31,33). The molecule has 1 heterocycles. The van der Waals surface area contributed by atoms with Crippen LogP contribution in [0.25, 0.3) is 10.9 Å². The molecule has 2 aromatic carbocycles. The van der Waals surface area contributed by atoms with Crippen LogP contribution >= 0.6 is 0 Å². The maximum absolute atomic E-state index is 13.8. The van der Waals surface area contributed by atoms with Gasteiger partial charge in [-0.05, 0) is 62.2 Å². The largest absolute Gasteiger partial charge is 0.462 e. The van der Waals surface area contributed by atoms with Crippen LogP contribution in [0.2, 0.25) is 0 Å². The van der Waals surface area contributed by atoms with Crippen LogP contribution in [0.1, 0.15) is 57.4 Å². The molecule has 0 saturated heterocycles. The number of esters is 1. The van der Waals surface area contributed by atoms with Gasteiger partial charge < -0.3 is 14.6 Å². The molecule has 0 aliphatic heterocycles. The summed E-state index contributed by atoms with van der Waals surface area (Å²) in [6.45, 7) is 5.34. The third kappa shape index (κ3) is 5.44. The van der Waals surface area contributed by atoms with E-state index in [2.05, 4.69) is 0 Å². The first-order chi connectivity index (χ1) is 16.3. The fraction of sp³-hybridized carbons (Fsp3) is 0.333. The summed E-state index contributed by atoms with van der Waals surface area (Å²) in [6.07, 6.45) is -9.91. The lowest BCUT2D eigenvalue weighted by Gasteiger charge is -2.23. The minimum absolute atomic E-state index is 0.135. The molecule has 3 rings (SSSR count). The zero-order valence-electron chi connectivity index (χ0n) is 19.0. The Bertz CT molecular complexity index is 1260. The molecule has 35 heavy (non-hydrogen) atoms. The number of fused-ring (bicyclic) bond motifs is 1. The summed E-state index contributed by atoms with van der Waals surface area (Å²) in [5, 5.41) is 2.26. The smallest absolute Gasteiger partial charge is 0.416 e. The van der Waals surface area contributed by atoms with Gasteiger partial charge in [0.15, 0.2) is 6.04 Å². The summed E-state index contributed by atoms with van der Waals surface area (Å²) < 4.78 is 87.0. The van der Waals surface area contributed by atoms with Crippen molar-refractivity contribution in [2.24, 2.45) is 0 Å². The Morgan fingerprint density at radius 3 is 2.29 bits per heavy atom. The van der Waals surface area contributed by atoms with Crippen molar-refractivity contribution in [3.63, 3.8) is 0 Å². The molecule has 1 amide bonds. The Balaban J connectivity index is 2.04. The van der Waals surface area contributed by atoms with Crippen molar-refractivity contribution in [2.45, 2.75) is 45.7 Å². The average Bonchev–Trinajstić information content (AvgIpc) is 3.13. The molecule has 1 N–H and O–H groups in total. The number of nitrogens with one attached hydrogen (secondary N) is 1. The van der Waals surface area contributed by atoms with Crippen molar-refractivity contribution in [3.05, 3.63) is 70.4 Å². The van der Waals surface area contributed by atoms with E-state index in [4.69, 9.17) is 4.74 Å². The predicted octanol–water partition coefficient (Wildman–Crippen LogP) is 6.20. The maximum Gasteiger partial charge on any atom is 0.416 e. The zero-order chi connectivity index (χ0) is 26.1. The van der Waals surface area contributed by atoms with Gasteiger partial charge in [-0.3, -0.25) is 4.79 Å². The first-order valence-electron chi connectivity index (χ1n) is 10.6. The quantitative estimate of drug-likeness (QED) is 0.324. The Morgan fingerprint density at radius 2 is 1.71 bits per heavy atom. The number of carbonyl (C=O) groups is 2. The fourth-order valence-electron chi connectivity index (χ4n) is 3.83. The van der Waals surface area contributed by atoms with E-state index in [0.717, 1.165) is 12.1 Å². The van der Waals surface area contributed by atoms with Crippen molar-refractivity contribution in [3.8, 4) is 0 Å². The number of hydrogen-bond acceptors (Lipinski definition) is 3. The van der Waals surface area contributed by atoms with E-state index in [1.165, 1.54) is 16.7 Å². The summed E-state index contributed by atoms with van der Waals surface area (Å²) in [5.74, 6) is -1.71. The number of rotatable bonds is 6. The van der Waals surface area contributed by atoms with Gasteiger partial charge in [-0.1, -0.05) is 12.1 Å². The van der Waals surface area contributed by atoms with Gasteiger partial charge in [0.2, 0.25) is 0 Å². The topological polar surface area (TPSA) is 60.3 Å². The second-order valence-electron chi connectivity index (χ2n) is 7.79. The average molecular weight is 500 g/mol. The van der Waals surface area contributed by atoms with Gasteiger partial charge in [-0.15, -0.1) is 0 Å². The van der Waals surface area contributed by atoms with Crippen molar-refractivity contribution in [1.82, 2.24) is 9.88 Å². The number of carbonyl (C=O) groups excluding carboxylic acids is 2. The van der Waals surface area contributed by atoms with Crippen LogP contribution in [0.3, 0.4) is 0 Å². The highest BCUT2D eigenvalue weighted by Crippen LogP contribution is 2.36. The van der Waals surface area contributed by atoms with Gasteiger partial charge in [0.1, 0.15) is 5.69 Å². The maximum atomic E-state index is 13.8. The zero-order valence-corrected chi connectivity index (χ0v) is 19.0. The van der Waals surface area contributed by atoms with Gasteiger partial charge >= 0.3 is 18.3 Å². The van der Waals surface area contributed by atoms with Gasteiger partial charge in [0, 0.05) is 17.4 Å². The predicted molar refractivity (Wildman–Crippen MR) is 116 cm³/mol. The van der Waals surface area contributed by atoms with Gasteiger partial charge in [-0.25, -0.2) is 4.79 Å². The van der Waals surface area contributed by atoms with Crippen LogP contribution in [0.5, 0.6) is 0 Å². The third-order valence-corrected chi connectivity index (χ3v) is 5.44. The summed E-state index contributed by atoms with van der Waals surface area (Å²) in [7, 11) is 0. The first kappa shape index (κ1) is 26.1. The lowest BCUT2D eigenvalue weighted by Crippen LogP contribution is -2.39. The molecule has 3 aromatic rings. The van der Waals surface area contributed by atoms with E-state index in [-0.39, 0.29) is 24.4 Å². The van der Waals surface area contributed by atoms with Crippen molar-refractivity contribution in [1.29, 1.82) is 0 Å². The molecule has 0 aliphatic rings. The molecule has 0 spiro atoms. The van der Waals surface area contributed by atoms with E-state index in [9.17, 15) is 35.9 Å². The fourth-order valence-corrected chi connectivity index (χ4v) is 3.83. The number of benzene rings is 2. The Hall–Kier alpha value is -3.50. The summed E-state index contributed by atoms with van der Waals surface area (Å²) in [4.78, 5) is 25.2. The summed E-state index contributed by atoms with van der Waals surface area (Å²) in [6, 6.07) is 4.51. The molecule has 1 atom stereocenters. The van der Waals surface area contributed by atoms with Gasteiger partial charge in [0.05, 0.1) is 17.7 Å². The van der Waals surface area contributed by atoms with Crippen LogP contribution in [0.4, 0.5) is 26.3 Å². The SMILES string of the molecule is CCOC(=O)c1cc2cc(C(=O)NC(c3cccc(C(F)(F)F)c3)C(F)(F)F)n(CC)c2cc1C. The Labute approximate surface area is 196 Å². The van der Waals surface area contributed by atoms with Crippen LogP contribution < -0.4 is 5.32 Å². The van der Waals surface area contributed by atoms with Crippen LogP contribution in [0.15, 0.2) is 42.5 Å². The van der Waals surface area contributed by atoms with E-state index in [1.807, 2.05) is 5.32 Å². The number of ether oxygens (including phenoxy) is 1. The molecule has 0 radical (unpaired) electrons. The number of amides is 1. The van der Waals surface area contributed by atoms with Crippen LogP contribution in [-0.4, -0.2) is 29.2 Å². The molecule has 0 bridgehead atoms. The molecular weight excluding hydrogens is 478 g/mol. The van der Waals surface area contributed by atoms with Crippen molar-refractivity contribution in [2.75, 3.05) is 6.61 Å². The van der Waals surface area contributed by atoms with Gasteiger partial charge in [0.25, 0.3) is 5.91 Å². The van der Waals surface area contributed by atoms with Crippen molar-refractivity contribution < 1.29 is 40.7 Å². The lowest BCUT2D eigenvalue weighted by atomic mass is 10.0. The third-order valence-electron chi connectivity index (χ3n) is 5.44. The molecule has 1 aromatic heterocycles. The van der Waals surface area contributed by atoms with E-state index < -0.39 is 41.4 Å². The van der Waals surface area contributed by atoms with Crippen LogP contribution in [0, 0.1) is 6.92 Å². The number of aromatic nitrogens is 1. The Kier molecular flexibility index (Phi) is 7.18. The summed E-state index contributed by atoms with van der Waals surface area (Å²) in [5.41, 5.74) is -0.845.